The molecule has 0 saturated carbocycles. The molecule has 0 aliphatic carbocycles. The van der Waals surface area contributed by atoms with Crippen LogP contribution < -0.4 is 25.4 Å². The summed E-state index contributed by atoms with van der Waals surface area (Å²) < 4.78 is 16.1. The van der Waals surface area contributed by atoms with Gasteiger partial charge < -0.3 is 40.2 Å². The number of nitrogens with zero attached hydrogens (tertiary/aromatic N) is 1. The highest BCUT2D eigenvalue weighted by Crippen LogP contribution is 2.35. The predicted octanol–water partition coefficient (Wildman–Crippen LogP) is 6.05. The van der Waals surface area contributed by atoms with Crippen LogP contribution in [0.5, 0.6) is 11.5 Å². The van der Waals surface area contributed by atoms with E-state index < -0.39 is 30.2 Å². The number of carbonyl (C=O) groups is 4. The molecule has 4 N–H and O–H groups in total. The maximum Gasteiger partial charge on any atom is 0.407 e. The van der Waals surface area contributed by atoms with Gasteiger partial charge in [0.2, 0.25) is 12.7 Å². The molecule has 14 heteroatoms. The van der Waals surface area contributed by atoms with E-state index >= 15 is 0 Å². The Bertz CT molecular complexity index is 1630. The number of hydrogen-bond donors (Lipinski definition) is 4. The molecule has 12 nitrogen and oxygen atoms in total. The fourth-order valence-corrected chi connectivity index (χ4v) is 6.66. The Balaban J connectivity index is 1.24. The molecular weight excluding hydrogens is 669 g/mol. The number of unbranched alkanes of at least 4 members (excludes halogenated alkanes) is 1. The van der Waals surface area contributed by atoms with Crippen molar-refractivity contribution < 1.29 is 38.5 Å². The lowest BCUT2D eigenvalue weighted by atomic mass is 10.0. The van der Waals surface area contributed by atoms with Crippen LogP contribution in [0.3, 0.4) is 0 Å². The van der Waals surface area contributed by atoms with E-state index in [0.717, 1.165) is 15.3 Å². The first-order valence-electron chi connectivity index (χ1n) is 15.8. The van der Waals surface area contributed by atoms with Gasteiger partial charge in [-0.05, 0) is 65.4 Å². The molecule has 1 aliphatic rings. The zero-order valence-electron chi connectivity index (χ0n) is 26.7. The van der Waals surface area contributed by atoms with Crippen molar-refractivity contribution in [3.05, 3.63) is 104 Å². The summed E-state index contributed by atoms with van der Waals surface area (Å²) in [5.41, 5.74) is 1.40. The smallest absolute Gasteiger partial charge is 0.407 e. The van der Waals surface area contributed by atoms with E-state index in [4.69, 9.17) is 14.2 Å². The molecule has 3 heterocycles. The molecule has 258 valence electrons. The summed E-state index contributed by atoms with van der Waals surface area (Å²) in [5, 5.41) is 21.8. The Morgan fingerprint density at radius 1 is 0.857 bits per heavy atom. The number of aliphatic carboxylic acids is 1. The molecule has 2 aromatic heterocycles. The monoisotopic (exact) mass is 706 g/mol. The Kier molecular flexibility index (Phi) is 12.9. The summed E-state index contributed by atoms with van der Waals surface area (Å²) in [6.45, 7) is 1.25. The zero-order chi connectivity index (χ0) is 34.4. The number of alkyl carbamates (subject to hydrolysis) is 1. The highest BCUT2D eigenvalue weighted by molar-refractivity contribution is 7.10. The van der Waals surface area contributed by atoms with Crippen LogP contribution in [0.25, 0.3) is 0 Å². The van der Waals surface area contributed by atoms with Gasteiger partial charge >= 0.3 is 18.1 Å². The second-order valence-electron chi connectivity index (χ2n) is 11.3. The molecule has 0 unspecified atom stereocenters. The normalized spacial score (nSPS) is 12.8. The van der Waals surface area contributed by atoms with E-state index in [9.17, 15) is 24.3 Å². The van der Waals surface area contributed by atoms with Gasteiger partial charge in [0.15, 0.2) is 11.5 Å². The summed E-state index contributed by atoms with van der Waals surface area (Å²) in [4.78, 5) is 55.3. The van der Waals surface area contributed by atoms with E-state index in [2.05, 4.69) is 16.0 Å². The third-order valence-electron chi connectivity index (χ3n) is 7.65. The predicted molar refractivity (Wildman–Crippen MR) is 184 cm³/mol. The molecule has 1 aliphatic heterocycles. The zero-order valence-corrected chi connectivity index (χ0v) is 28.3. The van der Waals surface area contributed by atoms with Gasteiger partial charge in [0.05, 0.1) is 25.6 Å². The van der Waals surface area contributed by atoms with Crippen LogP contribution in [0.1, 0.15) is 52.6 Å². The average molecular weight is 707 g/mol. The van der Waals surface area contributed by atoms with Crippen LogP contribution in [0.2, 0.25) is 0 Å². The second kappa shape index (κ2) is 17.9. The van der Waals surface area contributed by atoms with E-state index in [1.165, 1.54) is 22.7 Å². The number of hydrogen-bond acceptors (Lipinski definition) is 9. The minimum Gasteiger partial charge on any atom is -0.481 e. The van der Waals surface area contributed by atoms with Crippen LogP contribution in [0, 0.1) is 0 Å². The van der Waals surface area contributed by atoms with E-state index in [0.29, 0.717) is 49.5 Å². The number of carbonyl (C=O) groups excluding carboxylic acids is 3. The minimum atomic E-state index is -1.11. The SMILES string of the molecule is O=C(O)C[C@H](NC(=O)N[C@@H](CCCCNC(=O)OCc1ccccc1)C(=O)N(Cc1cccs1)Cc1cccs1)c1ccc2c(c1)OCO2. The Labute approximate surface area is 292 Å². The second-order valence-corrected chi connectivity index (χ2v) is 13.3. The third-order valence-corrected chi connectivity index (χ3v) is 9.38. The first-order valence-corrected chi connectivity index (χ1v) is 17.6. The molecule has 2 atom stereocenters. The van der Waals surface area contributed by atoms with Crippen molar-refractivity contribution in [3.8, 4) is 11.5 Å². The van der Waals surface area contributed by atoms with Crippen molar-refractivity contribution >= 4 is 46.7 Å². The van der Waals surface area contributed by atoms with Gasteiger partial charge in [-0.2, -0.15) is 0 Å². The van der Waals surface area contributed by atoms with Gasteiger partial charge in [0.25, 0.3) is 0 Å². The number of urea groups is 1. The molecule has 0 spiro atoms. The van der Waals surface area contributed by atoms with Gasteiger partial charge in [-0.3, -0.25) is 9.59 Å². The summed E-state index contributed by atoms with van der Waals surface area (Å²) in [7, 11) is 0. The number of fused-ring (bicyclic) bond motifs is 1. The van der Waals surface area contributed by atoms with E-state index in [1.807, 2.05) is 65.4 Å². The van der Waals surface area contributed by atoms with Gasteiger partial charge in [-0.15, -0.1) is 22.7 Å². The summed E-state index contributed by atoms with van der Waals surface area (Å²) in [6, 6.07) is 19.6. The van der Waals surface area contributed by atoms with Crippen LogP contribution in [-0.2, 0) is 34.0 Å². The first-order chi connectivity index (χ1) is 23.8. The minimum absolute atomic E-state index is 0.0535. The van der Waals surface area contributed by atoms with Crippen LogP contribution in [0.4, 0.5) is 9.59 Å². The van der Waals surface area contributed by atoms with Gasteiger partial charge in [0, 0.05) is 16.3 Å². The largest absolute Gasteiger partial charge is 0.481 e. The topological polar surface area (TPSA) is 156 Å². The van der Waals surface area contributed by atoms with Crippen molar-refractivity contribution in [1.29, 1.82) is 0 Å². The van der Waals surface area contributed by atoms with Crippen LogP contribution in [-0.4, -0.2) is 53.4 Å². The fourth-order valence-electron chi connectivity index (χ4n) is 5.22. The molecule has 2 aromatic carbocycles. The quantitative estimate of drug-likeness (QED) is 0.0968. The van der Waals surface area contributed by atoms with Crippen molar-refractivity contribution in [2.45, 2.75) is 57.5 Å². The van der Waals surface area contributed by atoms with Crippen LogP contribution >= 0.6 is 22.7 Å². The third kappa shape index (κ3) is 11.0. The molecule has 0 radical (unpaired) electrons. The summed E-state index contributed by atoms with van der Waals surface area (Å²) in [6.07, 6.45) is 0.386. The number of ether oxygens (including phenoxy) is 3. The molecule has 4 amide bonds. The molecule has 5 rings (SSSR count). The number of amides is 4. The number of benzene rings is 2. The van der Waals surface area contributed by atoms with E-state index in [-0.39, 0.29) is 32.1 Å². The molecule has 49 heavy (non-hydrogen) atoms. The van der Waals surface area contributed by atoms with Crippen LogP contribution in [0.15, 0.2) is 83.6 Å². The maximum absolute atomic E-state index is 14.2. The van der Waals surface area contributed by atoms with E-state index in [1.54, 1.807) is 23.1 Å². The maximum atomic E-state index is 14.2. The Morgan fingerprint density at radius 3 is 2.24 bits per heavy atom. The molecule has 0 fully saturated rings. The lowest BCUT2D eigenvalue weighted by Gasteiger charge is -2.28. The number of nitrogens with one attached hydrogen (secondary N) is 3. The lowest BCUT2D eigenvalue weighted by Crippen LogP contribution is -2.51. The summed E-state index contributed by atoms with van der Waals surface area (Å²) >= 11 is 3.08. The fraction of sp³-hybridized carbons (Fsp3) is 0.314. The van der Waals surface area contributed by atoms with Gasteiger partial charge in [-0.1, -0.05) is 48.5 Å². The van der Waals surface area contributed by atoms with Gasteiger partial charge in [0.1, 0.15) is 12.6 Å². The molecule has 0 bridgehead atoms. The van der Waals surface area contributed by atoms with Crippen molar-refractivity contribution in [3.63, 3.8) is 0 Å². The summed E-state index contributed by atoms with van der Waals surface area (Å²) in [5.74, 6) is -0.393. The van der Waals surface area contributed by atoms with Crippen molar-refractivity contribution in [2.75, 3.05) is 13.3 Å². The first kappa shape index (κ1) is 35.2. The number of rotatable bonds is 17. The highest BCUT2D eigenvalue weighted by atomic mass is 32.1. The Hall–Kier alpha value is -5.08. The van der Waals surface area contributed by atoms with Crippen molar-refractivity contribution in [2.24, 2.45) is 0 Å². The van der Waals surface area contributed by atoms with Crippen molar-refractivity contribution in [1.82, 2.24) is 20.9 Å². The lowest BCUT2D eigenvalue weighted by molar-refractivity contribution is -0.137. The standard InChI is InChI=1S/C35H38N4O8S2/c40-32(41)19-29(25-13-14-30-31(18-25)47-23-46-30)38-34(43)37-28(12-4-5-15-36-35(44)45-22-24-8-2-1-3-9-24)33(42)39(20-26-10-6-16-48-26)21-27-11-7-17-49-27/h1-3,6-11,13-14,16-18,28-29H,4-5,12,15,19-23H2,(H,36,44)(H,40,41)(H2,37,38,43)/t28-,29-/m0/s1. The molecule has 4 aromatic rings. The molecule has 0 saturated heterocycles. The number of carboxylic acid groups (broad SMARTS) is 1. The Morgan fingerprint density at radius 2 is 1.57 bits per heavy atom. The number of thiophene rings is 2. The number of carboxylic acids is 1. The molecular formula is C35H38N4O8S2. The highest BCUT2D eigenvalue weighted by Gasteiger charge is 2.29. The average Bonchev–Trinajstić information content (AvgIpc) is 3.90. The van der Waals surface area contributed by atoms with Gasteiger partial charge in [-0.25, -0.2) is 9.59 Å².